The minimum absolute atomic E-state index is 0.536. The van der Waals surface area contributed by atoms with Crippen molar-refractivity contribution in [1.29, 1.82) is 0 Å². The van der Waals surface area contributed by atoms with E-state index in [0.29, 0.717) is 25.7 Å². The van der Waals surface area contributed by atoms with Crippen LogP contribution in [0.25, 0.3) is 16.9 Å². The Morgan fingerprint density at radius 3 is 2.56 bits per heavy atom. The van der Waals surface area contributed by atoms with Crippen molar-refractivity contribution in [2.45, 2.75) is 20.3 Å². The number of benzene rings is 1. The first kappa shape index (κ1) is 17.2. The predicted molar refractivity (Wildman–Crippen MR) is 96.3 cm³/mol. The second kappa shape index (κ2) is 7.98. The van der Waals surface area contributed by atoms with Gasteiger partial charge in [-0.3, -0.25) is 0 Å². The van der Waals surface area contributed by atoms with E-state index in [-0.39, 0.29) is 0 Å². The summed E-state index contributed by atoms with van der Waals surface area (Å²) < 4.78 is 18.0. The molecule has 3 rings (SSSR count). The average Bonchev–Trinajstić information content (AvgIpc) is 3.03. The third-order valence-corrected chi connectivity index (χ3v) is 3.74. The van der Waals surface area contributed by atoms with Crippen LogP contribution in [-0.4, -0.2) is 41.5 Å². The van der Waals surface area contributed by atoms with Crippen molar-refractivity contribution >= 4 is 5.65 Å². The minimum Gasteiger partial charge on any atom is -0.491 e. The third-order valence-electron chi connectivity index (χ3n) is 3.74. The Labute approximate surface area is 147 Å². The van der Waals surface area contributed by atoms with Gasteiger partial charge in [-0.05, 0) is 43.7 Å². The van der Waals surface area contributed by atoms with Crippen LogP contribution in [0.1, 0.15) is 18.9 Å². The molecule has 0 amide bonds. The van der Waals surface area contributed by atoms with Crippen LogP contribution < -0.4 is 9.47 Å². The lowest BCUT2D eigenvalue weighted by Gasteiger charge is -2.06. The van der Waals surface area contributed by atoms with Gasteiger partial charge in [-0.15, -0.1) is 5.10 Å². The molecule has 0 aliphatic rings. The minimum atomic E-state index is 0.536. The summed E-state index contributed by atoms with van der Waals surface area (Å²) in [4.78, 5) is 4.65. The molecule has 0 unspecified atom stereocenters. The highest BCUT2D eigenvalue weighted by molar-refractivity contribution is 5.63. The highest BCUT2D eigenvalue weighted by Crippen LogP contribution is 2.24. The van der Waals surface area contributed by atoms with Crippen molar-refractivity contribution in [3.63, 3.8) is 0 Å². The highest BCUT2D eigenvalue weighted by atomic mass is 16.5. The molecule has 2 aromatic heterocycles. The van der Waals surface area contributed by atoms with E-state index in [2.05, 4.69) is 17.0 Å². The van der Waals surface area contributed by atoms with Crippen molar-refractivity contribution < 1.29 is 14.2 Å². The number of methoxy groups -OCH3 is 1. The van der Waals surface area contributed by atoms with Crippen LogP contribution in [0.5, 0.6) is 11.6 Å². The average molecular weight is 341 g/mol. The molecule has 25 heavy (non-hydrogen) atoms. The van der Waals surface area contributed by atoms with Crippen LogP contribution >= 0.6 is 0 Å². The standard InChI is InChI=1S/C19H23N3O3/c1-4-9-25-19-14(2)12-18-20-17(13-22(18)21-19)15-5-7-16(8-6-15)24-11-10-23-3/h5-8,12-13H,4,9-11H2,1-3H3. The molecule has 0 N–H and O–H groups in total. The maximum Gasteiger partial charge on any atom is 0.234 e. The third kappa shape index (κ3) is 4.09. The maximum atomic E-state index is 5.69. The summed E-state index contributed by atoms with van der Waals surface area (Å²) >= 11 is 0. The number of hydrogen-bond donors (Lipinski definition) is 0. The fourth-order valence-corrected chi connectivity index (χ4v) is 2.44. The Kier molecular flexibility index (Phi) is 5.50. The van der Waals surface area contributed by atoms with Crippen LogP contribution in [0.4, 0.5) is 0 Å². The van der Waals surface area contributed by atoms with Crippen LogP contribution in [0.2, 0.25) is 0 Å². The molecule has 6 nitrogen and oxygen atoms in total. The number of nitrogens with zero attached hydrogens (tertiary/aromatic N) is 3. The largest absolute Gasteiger partial charge is 0.491 e. The zero-order valence-corrected chi connectivity index (χ0v) is 14.9. The van der Waals surface area contributed by atoms with Crippen molar-refractivity contribution in [3.8, 4) is 22.9 Å². The van der Waals surface area contributed by atoms with Gasteiger partial charge in [0.15, 0.2) is 5.65 Å². The van der Waals surface area contributed by atoms with E-state index in [9.17, 15) is 0 Å². The molecule has 132 valence electrons. The summed E-state index contributed by atoms with van der Waals surface area (Å²) in [5.41, 5.74) is 3.66. The van der Waals surface area contributed by atoms with E-state index < -0.39 is 0 Å². The second-order valence-corrected chi connectivity index (χ2v) is 5.78. The second-order valence-electron chi connectivity index (χ2n) is 5.78. The quantitative estimate of drug-likeness (QED) is 0.587. The predicted octanol–water partition coefficient (Wildman–Crippen LogP) is 3.52. The molecule has 0 radical (unpaired) electrons. The zero-order chi connectivity index (χ0) is 17.6. The monoisotopic (exact) mass is 341 g/mol. The van der Waals surface area contributed by atoms with Crippen LogP contribution in [0.15, 0.2) is 36.5 Å². The van der Waals surface area contributed by atoms with E-state index in [1.165, 1.54) is 0 Å². The first-order chi connectivity index (χ1) is 12.2. The van der Waals surface area contributed by atoms with Gasteiger partial charge in [0.1, 0.15) is 12.4 Å². The molecule has 0 bridgehead atoms. The SMILES string of the molecule is CCCOc1nn2cc(-c3ccc(OCCOC)cc3)nc2cc1C. The summed E-state index contributed by atoms with van der Waals surface area (Å²) in [5.74, 6) is 1.47. The fraction of sp³-hybridized carbons (Fsp3) is 0.368. The number of imidazole rings is 1. The lowest BCUT2D eigenvalue weighted by molar-refractivity contribution is 0.146. The molecule has 0 fully saturated rings. The van der Waals surface area contributed by atoms with Gasteiger partial charge in [0, 0.05) is 18.2 Å². The zero-order valence-electron chi connectivity index (χ0n) is 14.9. The summed E-state index contributed by atoms with van der Waals surface area (Å²) in [7, 11) is 1.66. The molecule has 0 aliphatic heterocycles. The van der Waals surface area contributed by atoms with Crippen molar-refractivity contribution in [1.82, 2.24) is 14.6 Å². The summed E-state index contributed by atoms with van der Waals surface area (Å²) in [6, 6.07) is 9.84. The van der Waals surface area contributed by atoms with E-state index in [1.807, 2.05) is 43.5 Å². The molecule has 6 heteroatoms. The van der Waals surface area contributed by atoms with Gasteiger partial charge in [0.25, 0.3) is 0 Å². The number of rotatable bonds is 8. The van der Waals surface area contributed by atoms with Crippen LogP contribution in [0, 0.1) is 6.92 Å². The first-order valence-electron chi connectivity index (χ1n) is 8.43. The Bertz CT molecular complexity index is 828. The summed E-state index contributed by atoms with van der Waals surface area (Å²) in [6.07, 6.45) is 2.86. The van der Waals surface area contributed by atoms with Crippen LogP contribution in [-0.2, 0) is 4.74 Å². The van der Waals surface area contributed by atoms with E-state index in [1.54, 1.807) is 11.6 Å². The van der Waals surface area contributed by atoms with Gasteiger partial charge in [-0.2, -0.15) is 0 Å². The number of aryl methyl sites for hydroxylation is 1. The smallest absolute Gasteiger partial charge is 0.234 e. The number of fused-ring (bicyclic) bond motifs is 1. The summed E-state index contributed by atoms with van der Waals surface area (Å²) in [5, 5.41) is 4.52. The first-order valence-corrected chi connectivity index (χ1v) is 8.43. The molecular formula is C19H23N3O3. The van der Waals surface area contributed by atoms with Crippen LogP contribution in [0.3, 0.4) is 0 Å². The van der Waals surface area contributed by atoms with Crippen molar-refractivity contribution in [2.24, 2.45) is 0 Å². The van der Waals surface area contributed by atoms with Gasteiger partial charge >= 0.3 is 0 Å². The molecule has 0 atom stereocenters. The highest BCUT2D eigenvalue weighted by Gasteiger charge is 2.09. The van der Waals surface area contributed by atoms with Crippen molar-refractivity contribution in [2.75, 3.05) is 26.9 Å². The topological polar surface area (TPSA) is 57.9 Å². The van der Waals surface area contributed by atoms with Gasteiger partial charge < -0.3 is 14.2 Å². The number of ether oxygens (including phenoxy) is 3. The summed E-state index contributed by atoms with van der Waals surface area (Å²) in [6.45, 7) is 5.82. The van der Waals surface area contributed by atoms with E-state index in [4.69, 9.17) is 14.2 Å². The molecule has 2 heterocycles. The number of aromatic nitrogens is 3. The fourth-order valence-electron chi connectivity index (χ4n) is 2.44. The van der Waals surface area contributed by atoms with E-state index >= 15 is 0 Å². The lowest BCUT2D eigenvalue weighted by Crippen LogP contribution is -2.03. The number of hydrogen-bond acceptors (Lipinski definition) is 5. The molecule has 3 aromatic rings. The van der Waals surface area contributed by atoms with Crippen molar-refractivity contribution in [3.05, 3.63) is 42.1 Å². The molecule has 0 saturated heterocycles. The molecule has 0 saturated carbocycles. The molecule has 1 aromatic carbocycles. The lowest BCUT2D eigenvalue weighted by atomic mass is 10.2. The maximum absolute atomic E-state index is 5.69. The van der Waals surface area contributed by atoms with Gasteiger partial charge in [0.05, 0.1) is 25.1 Å². The normalized spacial score (nSPS) is 11.0. The Balaban J connectivity index is 1.81. The molecular weight excluding hydrogens is 318 g/mol. The van der Waals surface area contributed by atoms with E-state index in [0.717, 1.165) is 34.6 Å². The Hall–Kier alpha value is -2.60. The molecule has 0 aliphatic carbocycles. The Morgan fingerprint density at radius 2 is 1.84 bits per heavy atom. The van der Waals surface area contributed by atoms with Gasteiger partial charge in [0.2, 0.25) is 5.88 Å². The van der Waals surface area contributed by atoms with Gasteiger partial charge in [-0.1, -0.05) is 6.92 Å². The Morgan fingerprint density at radius 1 is 1.04 bits per heavy atom. The molecule has 0 spiro atoms. The van der Waals surface area contributed by atoms with Gasteiger partial charge in [-0.25, -0.2) is 9.50 Å².